The van der Waals surface area contributed by atoms with Crippen LogP contribution in [0.3, 0.4) is 0 Å². The molecule has 1 amide bonds. The molecule has 2 aromatic rings. The van der Waals surface area contributed by atoms with E-state index < -0.39 is 24.0 Å². The Morgan fingerprint density at radius 3 is 2.44 bits per heavy atom. The fourth-order valence-corrected chi connectivity index (χ4v) is 2.75. The van der Waals surface area contributed by atoms with E-state index in [-0.39, 0.29) is 13.0 Å². The van der Waals surface area contributed by atoms with Crippen LogP contribution in [0.25, 0.3) is 0 Å². The molecule has 1 aliphatic rings. The van der Waals surface area contributed by atoms with Crippen molar-refractivity contribution in [2.75, 3.05) is 13.7 Å². The highest BCUT2D eigenvalue weighted by atomic mass is 16.6. The molecule has 6 heteroatoms. The van der Waals surface area contributed by atoms with E-state index in [9.17, 15) is 14.7 Å². The Morgan fingerprint density at radius 1 is 1.12 bits per heavy atom. The summed E-state index contributed by atoms with van der Waals surface area (Å²) in [6.07, 6.45) is -0.639. The zero-order valence-corrected chi connectivity index (χ0v) is 13.8. The third-order valence-corrected chi connectivity index (χ3v) is 4.16. The van der Waals surface area contributed by atoms with E-state index >= 15 is 0 Å². The van der Waals surface area contributed by atoms with Gasteiger partial charge in [-0.3, -0.25) is 4.79 Å². The summed E-state index contributed by atoms with van der Waals surface area (Å²) >= 11 is 0. The van der Waals surface area contributed by atoms with Crippen LogP contribution >= 0.6 is 0 Å². The number of carbonyl (C=O) groups is 2. The number of para-hydroxylation sites is 2. The summed E-state index contributed by atoms with van der Waals surface area (Å²) in [5.74, 6) is -0.418. The highest BCUT2D eigenvalue weighted by molar-refractivity contribution is 5.87. The Kier molecular flexibility index (Phi) is 4.88. The average Bonchev–Trinajstić information content (AvgIpc) is 2.65. The van der Waals surface area contributed by atoms with E-state index in [1.54, 1.807) is 18.2 Å². The molecule has 1 aliphatic heterocycles. The molecule has 2 atom stereocenters. The van der Waals surface area contributed by atoms with E-state index in [2.05, 4.69) is 0 Å². The van der Waals surface area contributed by atoms with Crippen LogP contribution in [0.4, 0.5) is 0 Å². The molecule has 0 radical (unpaired) electrons. The van der Waals surface area contributed by atoms with E-state index in [1.165, 1.54) is 11.9 Å². The molecular weight excluding hydrogens is 322 g/mol. The van der Waals surface area contributed by atoms with E-state index in [1.807, 2.05) is 36.4 Å². The number of fused-ring (bicyclic) bond motifs is 1. The Labute approximate surface area is 145 Å². The van der Waals surface area contributed by atoms with E-state index in [4.69, 9.17) is 9.47 Å². The first-order valence-electron chi connectivity index (χ1n) is 7.98. The highest BCUT2D eigenvalue weighted by Crippen LogP contribution is 2.31. The molecule has 3 rings (SSSR count). The van der Waals surface area contributed by atoms with Gasteiger partial charge in [0.2, 0.25) is 6.10 Å². The van der Waals surface area contributed by atoms with Crippen molar-refractivity contribution in [3.05, 3.63) is 60.2 Å². The molecule has 2 aromatic carbocycles. The summed E-state index contributed by atoms with van der Waals surface area (Å²) in [6, 6.07) is 15.3. The molecular formula is C19H19NO5. The number of carboxylic acid groups (broad SMARTS) is 1. The van der Waals surface area contributed by atoms with Gasteiger partial charge in [0, 0.05) is 13.5 Å². The fourth-order valence-electron chi connectivity index (χ4n) is 2.75. The van der Waals surface area contributed by atoms with Gasteiger partial charge >= 0.3 is 5.97 Å². The minimum atomic E-state index is -1.06. The summed E-state index contributed by atoms with van der Waals surface area (Å²) in [4.78, 5) is 25.6. The number of nitrogens with zero attached hydrogens (tertiary/aromatic N) is 1. The van der Waals surface area contributed by atoms with Gasteiger partial charge in [-0.2, -0.15) is 0 Å². The van der Waals surface area contributed by atoms with E-state index in [0.29, 0.717) is 11.5 Å². The number of aliphatic carboxylic acids is 1. The van der Waals surface area contributed by atoms with Gasteiger partial charge < -0.3 is 19.5 Å². The smallest absolute Gasteiger partial charge is 0.326 e. The third kappa shape index (κ3) is 3.74. The topological polar surface area (TPSA) is 76.1 Å². The summed E-state index contributed by atoms with van der Waals surface area (Å²) in [5, 5.41) is 9.54. The lowest BCUT2D eigenvalue weighted by Crippen LogP contribution is -2.51. The standard InChI is InChI=1S/C19H19NO5/c1-20(14(19(22)23)11-13-7-3-2-4-8-13)18(21)17-12-24-15-9-5-6-10-16(15)25-17/h2-10,14,17H,11-12H2,1H3,(H,22,23). The van der Waals surface area contributed by atoms with E-state index in [0.717, 1.165) is 5.56 Å². The van der Waals surface area contributed by atoms with Crippen molar-refractivity contribution in [3.63, 3.8) is 0 Å². The molecule has 0 aliphatic carbocycles. The van der Waals surface area contributed by atoms with Crippen LogP contribution in [-0.4, -0.2) is 47.7 Å². The lowest BCUT2D eigenvalue weighted by molar-refractivity contribution is -0.153. The first-order chi connectivity index (χ1) is 12.1. The lowest BCUT2D eigenvalue weighted by Gasteiger charge is -2.31. The second kappa shape index (κ2) is 7.25. The molecule has 0 bridgehead atoms. The monoisotopic (exact) mass is 341 g/mol. The quantitative estimate of drug-likeness (QED) is 0.900. The minimum Gasteiger partial charge on any atom is -0.485 e. The summed E-state index contributed by atoms with van der Waals surface area (Å²) in [5.41, 5.74) is 0.848. The van der Waals surface area contributed by atoms with Crippen LogP contribution in [0, 0.1) is 0 Å². The van der Waals surface area contributed by atoms with Crippen molar-refractivity contribution in [1.29, 1.82) is 0 Å². The zero-order valence-electron chi connectivity index (χ0n) is 13.8. The molecule has 0 saturated carbocycles. The maximum Gasteiger partial charge on any atom is 0.326 e. The Hall–Kier alpha value is -3.02. The van der Waals surface area contributed by atoms with Gasteiger partial charge in [0.25, 0.3) is 5.91 Å². The fraction of sp³-hybridized carbons (Fsp3) is 0.263. The SMILES string of the molecule is CN(C(=O)C1COc2ccccc2O1)C(Cc1ccccc1)C(=O)O. The van der Waals surface area contributed by atoms with Crippen LogP contribution in [0.5, 0.6) is 11.5 Å². The Morgan fingerprint density at radius 2 is 1.76 bits per heavy atom. The first kappa shape index (κ1) is 16.8. The number of amides is 1. The maximum absolute atomic E-state index is 12.7. The van der Waals surface area contributed by atoms with Crippen molar-refractivity contribution in [3.8, 4) is 11.5 Å². The largest absolute Gasteiger partial charge is 0.485 e. The first-order valence-corrected chi connectivity index (χ1v) is 7.98. The van der Waals surface area contributed by atoms with Crippen molar-refractivity contribution in [1.82, 2.24) is 4.90 Å². The maximum atomic E-state index is 12.7. The molecule has 0 spiro atoms. The molecule has 6 nitrogen and oxygen atoms in total. The second-order valence-electron chi connectivity index (χ2n) is 5.86. The lowest BCUT2D eigenvalue weighted by atomic mass is 10.0. The number of benzene rings is 2. The molecule has 0 fully saturated rings. The van der Waals surface area contributed by atoms with Gasteiger partial charge in [-0.15, -0.1) is 0 Å². The average molecular weight is 341 g/mol. The molecule has 1 N–H and O–H groups in total. The molecule has 2 unspecified atom stereocenters. The predicted molar refractivity (Wildman–Crippen MR) is 90.7 cm³/mol. The summed E-state index contributed by atoms with van der Waals surface area (Å²) in [7, 11) is 1.48. The summed E-state index contributed by atoms with van der Waals surface area (Å²) in [6.45, 7) is 0.0534. The molecule has 130 valence electrons. The molecule has 1 heterocycles. The number of rotatable bonds is 5. The zero-order chi connectivity index (χ0) is 17.8. The number of likely N-dealkylation sites (N-methyl/N-ethyl adjacent to an activating group) is 1. The van der Waals surface area contributed by atoms with Gasteiger partial charge in [0.15, 0.2) is 11.5 Å². The number of hydrogen-bond donors (Lipinski definition) is 1. The normalized spacial score (nSPS) is 16.8. The van der Waals surface area contributed by atoms with Gasteiger partial charge in [-0.05, 0) is 17.7 Å². The van der Waals surface area contributed by atoms with Gasteiger partial charge in [-0.1, -0.05) is 42.5 Å². The Bertz CT molecular complexity index is 761. The van der Waals surface area contributed by atoms with Crippen LogP contribution in [0.15, 0.2) is 54.6 Å². The number of carboxylic acids is 1. The minimum absolute atomic E-state index is 0.0534. The van der Waals surface area contributed by atoms with Crippen molar-refractivity contribution in [2.45, 2.75) is 18.6 Å². The van der Waals surface area contributed by atoms with Crippen LogP contribution < -0.4 is 9.47 Å². The number of carbonyl (C=O) groups excluding carboxylic acids is 1. The van der Waals surface area contributed by atoms with Crippen molar-refractivity contribution >= 4 is 11.9 Å². The van der Waals surface area contributed by atoms with Gasteiger partial charge in [-0.25, -0.2) is 4.79 Å². The van der Waals surface area contributed by atoms with Crippen LogP contribution in [-0.2, 0) is 16.0 Å². The van der Waals surface area contributed by atoms with Crippen molar-refractivity contribution in [2.24, 2.45) is 0 Å². The van der Waals surface area contributed by atoms with Gasteiger partial charge in [0.05, 0.1) is 0 Å². The predicted octanol–water partition coefficient (Wildman–Crippen LogP) is 1.98. The van der Waals surface area contributed by atoms with Crippen LogP contribution in [0.2, 0.25) is 0 Å². The molecule has 25 heavy (non-hydrogen) atoms. The van der Waals surface area contributed by atoms with Gasteiger partial charge in [0.1, 0.15) is 12.6 Å². The highest BCUT2D eigenvalue weighted by Gasteiger charge is 2.35. The second-order valence-corrected chi connectivity index (χ2v) is 5.86. The molecule has 0 aromatic heterocycles. The third-order valence-electron chi connectivity index (χ3n) is 4.16. The molecule has 0 saturated heterocycles. The summed E-state index contributed by atoms with van der Waals surface area (Å²) < 4.78 is 11.2. The Balaban J connectivity index is 1.73. The van der Waals surface area contributed by atoms with Crippen LogP contribution in [0.1, 0.15) is 5.56 Å². The number of ether oxygens (including phenoxy) is 2. The number of hydrogen-bond acceptors (Lipinski definition) is 4. The van der Waals surface area contributed by atoms with Crippen molar-refractivity contribution < 1.29 is 24.2 Å².